The Bertz CT molecular complexity index is 388. The average molecular weight is 414 g/mol. The standard InChI is InChI=1S/3C6H10O3.Al/c3*1-5(7)3-2-4-6(8)9;/h3*2-4H2,1H3,(H,8,9);/q;;;+3/p-3. The first-order valence-corrected chi connectivity index (χ1v) is 8.46. The fourth-order valence-corrected chi connectivity index (χ4v) is 1.45. The molecule has 0 atom stereocenters. The number of Topliss-reactive ketones (excluding diaryl/α,β-unsaturated/α-hetero) is 3. The van der Waals surface area contributed by atoms with Gasteiger partial charge in [-0.3, -0.25) is 0 Å². The molecule has 0 aliphatic heterocycles. The Kier molecular flexibility index (Phi) is 27.5. The van der Waals surface area contributed by atoms with Crippen LogP contribution in [-0.4, -0.2) is 52.6 Å². The Labute approximate surface area is 175 Å². The van der Waals surface area contributed by atoms with Crippen LogP contribution in [0.15, 0.2) is 0 Å². The third kappa shape index (κ3) is 49.6. The van der Waals surface area contributed by atoms with Gasteiger partial charge in [0, 0.05) is 37.2 Å². The molecule has 10 heteroatoms. The minimum absolute atomic E-state index is 0. The van der Waals surface area contributed by atoms with Gasteiger partial charge in [0.25, 0.3) is 0 Å². The summed E-state index contributed by atoms with van der Waals surface area (Å²) in [6.45, 7) is 4.32. The largest absolute Gasteiger partial charge is 3.00 e. The van der Waals surface area contributed by atoms with Crippen LogP contribution in [0, 0.1) is 0 Å². The molecule has 0 saturated heterocycles. The summed E-state index contributed by atoms with van der Waals surface area (Å²) in [6.07, 6.45) is 2.18. The van der Waals surface area contributed by atoms with E-state index in [1.807, 2.05) is 0 Å². The zero-order valence-corrected chi connectivity index (χ0v) is 17.8. The molecule has 0 aromatic rings. The predicted octanol–water partition coefficient (Wildman–Crippen LogP) is -1.89. The van der Waals surface area contributed by atoms with E-state index in [2.05, 4.69) is 0 Å². The van der Waals surface area contributed by atoms with Crippen LogP contribution in [-0.2, 0) is 28.8 Å². The molecule has 0 N–H and O–H groups in total. The molecule has 28 heavy (non-hydrogen) atoms. The SMILES string of the molecule is CC(=O)CCCC(=O)[O-].CC(=O)CCCC(=O)[O-].CC(=O)CCCC(=O)[O-].[Al+3]. The maximum absolute atomic E-state index is 10.2. The maximum Gasteiger partial charge on any atom is 3.00 e. The topological polar surface area (TPSA) is 172 Å². The third-order valence-electron chi connectivity index (χ3n) is 2.73. The van der Waals surface area contributed by atoms with Crippen molar-refractivity contribution in [1.29, 1.82) is 0 Å². The van der Waals surface area contributed by atoms with Crippen LogP contribution in [0.2, 0.25) is 0 Å². The van der Waals surface area contributed by atoms with E-state index in [-0.39, 0.29) is 54.0 Å². The third-order valence-corrected chi connectivity index (χ3v) is 2.73. The summed E-state index contributed by atoms with van der Waals surface area (Å²) in [5.41, 5.74) is 0. The summed E-state index contributed by atoms with van der Waals surface area (Å²) in [5, 5.41) is 29.3. The number of aliphatic carboxylic acids is 3. The number of carboxylic acids is 3. The number of hydrogen-bond acceptors (Lipinski definition) is 9. The van der Waals surface area contributed by atoms with Gasteiger partial charge in [0.05, 0.1) is 0 Å². The fraction of sp³-hybridized carbons (Fsp3) is 0.667. The molecular weight excluding hydrogens is 387 g/mol. The van der Waals surface area contributed by atoms with E-state index in [4.69, 9.17) is 0 Å². The Hall–Kier alpha value is -2.05. The summed E-state index contributed by atoms with van der Waals surface area (Å²) >= 11 is 0. The monoisotopic (exact) mass is 414 g/mol. The van der Waals surface area contributed by atoms with Crippen molar-refractivity contribution in [3.8, 4) is 0 Å². The van der Waals surface area contributed by atoms with Crippen molar-refractivity contribution < 1.29 is 44.1 Å². The average Bonchev–Trinajstić information content (AvgIpc) is 2.46. The molecule has 0 aliphatic carbocycles. The van der Waals surface area contributed by atoms with E-state index in [1.165, 1.54) is 20.8 Å². The number of rotatable bonds is 12. The van der Waals surface area contributed by atoms with Gasteiger partial charge in [-0.05, 0) is 59.3 Å². The Morgan fingerprint density at radius 3 is 0.750 bits per heavy atom. The molecule has 9 nitrogen and oxygen atoms in total. The van der Waals surface area contributed by atoms with Gasteiger partial charge in [-0.15, -0.1) is 0 Å². The molecule has 0 bridgehead atoms. The number of carboxylic acid groups (broad SMARTS) is 3. The number of carbonyl (C=O) groups is 6. The summed E-state index contributed by atoms with van der Waals surface area (Å²) in [6, 6.07) is 0. The predicted molar refractivity (Wildman–Crippen MR) is 94.4 cm³/mol. The van der Waals surface area contributed by atoms with Crippen LogP contribution in [0.25, 0.3) is 0 Å². The normalized spacial score (nSPS) is 8.68. The van der Waals surface area contributed by atoms with Crippen LogP contribution in [0.1, 0.15) is 78.6 Å². The van der Waals surface area contributed by atoms with Crippen LogP contribution in [0.4, 0.5) is 0 Å². The first-order chi connectivity index (χ1) is 12.4. The van der Waals surface area contributed by atoms with E-state index in [0.29, 0.717) is 38.5 Å². The van der Waals surface area contributed by atoms with Gasteiger partial charge in [-0.25, -0.2) is 0 Å². The van der Waals surface area contributed by atoms with Crippen LogP contribution >= 0.6 is 0 Å². The van der Waals surface area contributed by atoms with Crippen molar-refractivity contribution >= 4 is 52.6 Å². The van der Waals surface area contributed by atoms with Gasteiger partial charge >= 0.3 is 17.4 Å². The molecule has 0 aromatic carbocycles. The second-order valence-electron chi connectivity index (χ2n) is 5.78. The molecular formula is C18H27AlO9. The fourth-order valence-electron chi connectivity index (χ4n) is 1.45. The summed E-state index contributed by atoms with van der Waals surface area (Å²) in [4.78, 5) is 59.9. The summed E-state index contributed by atoms with van der Waals surface area (Å²) < 4.78 is 0. The smallest absolute Gasteiger partial charge is 0.550 e. The Morgan fingerprint density at radius 1 is 0.464 bits per heavy atom. The van der Waals surface area contributed by atoms with Crippen molar-refractivity contribution in [2.24, 2.45) is 0 Å². The molecule has 0 rings (SSSR count). The van der Waals surface area contributed by atoms with Crippen molar-refractivity contribution in [2.45, 2.75) is 78.6 Å². The number of ketones is 3. The van der Waals surface area contributed by atoms with Gasteiger partial charge in [-0.1, -0.05) is 0 Å². The molecule has 0 spiro atoms. The Morgan fingerprint density at radius 2 is 0.643 bits per heavy atom. The van der Waals surface area contributed by atoms with Crippen LogP contribution < -0.4 is 15.3 Å². The van der Waals surface area contributed by atoms with Crippen LogP contribution in [0.3, 0.4) is 0 Å². The van der Waals surface area contributed by atoms with E-state index >= 15 is 0 Å². The number of hydrogen-bond donors (Lipinski definition) is 0. The van der Waals surface area contributed by atoms with E-state index in [0.717, 1.165) is 0 Å². The van der Waals surface area contributed by atoms with Gasteiger partial charge in [0.15, 0.2) is 0 Å². The summed E-state index contributed by atoms with van der Waals surface area (Å²) in [7, 11) is 0. The van der Waals surface area contributed by atoms with Crippen molar-refractivity contribution in [1.82, 2.24) is 0 Å². The second kappa shape index (κ2) is 23.0. The Balaban J connectivity index is -0.000000152. The van der Waals surface area contributed by atoms with Gasteiger partial charge in [-0.2, -0.15) is 0 Å². The van der Waals surface area contributed by atoms with Gasteiger partial charge in [0.1, 0.15) is 17.3 Å². The van der Waals surface area contributed by atoms with E-state index in [9.17, 15) is 44.1 Å². The molecule has 0 aromatic heterocycles. The van der Waals surface area contributed by atoms with Gasteiger partial charge in [0.2, 0.25) is 0 Å². The molecule has 0 saturated carbocycles. The molecule has 0 radical (unpaired) electrons. The maximum atomic E-state index is 10.2. The van der Waals surface area contributed by atoms with Crippen molar-refractivity contribution in [3.63, 3.8) is 0 Å². The zero-order valence-electron chi connectivity index (χ0n) is 16.6. The molecule has 0 aliphatic rings. The molecule has 0 amide bonds. The van der Waals surface area contributed by atoms with Crippen molar-refractivity contribution in [2.75, 3.05) is 0 Å². The quantitative estimate of drug-likeness (QED) is 0.331. The first kappa shape index (κ1) is 33.5. The molecule has 0 fully saturated rings. The zero-order chi connectivity index (χ0) is 21.8. The molecule has 0 heterocycles. The molecule has 156 valence electrons. The second-order valence-corrected chi connectivity index (χ2v) is 5.78. The minimum Gasteiger partial charge on any atom is -0.550 e. The number of carbonyl (C=O) groups excluding carboxylic acids is 6. The first-order valence-electron chi connectivity index (χ1n) is 8.46. The van der Waals surface area contributed by atoms with Crippen LogP contribution in [0.5, 0.6) is 0 Å². The van der Waals surface area contributed by atoms with Crippen molar-refractivity contribution in [3.05, 3.63) is 0 Å². The van der Waals surface area contributed by atoms with E-state index in [1.54, 1.807) is 0 Å². The van der Waals surface area contributed by atoms with Gasteiger partial charge < -0.3 is 44.1 Å². The summed E-state index contributed by atoms with van der Waals surface area (Å²) in [5.74, 6) is -3.19. The minimum atomic E-state index is -1.09. The molecule has 0 unspecified atom stereocenters. The van der Waals surface area contributed by atoms with E-state index < -0.39 is 17.9 Å².